The standard InChI is InChI=1S/C17H24O3/c1-3-15(18)10-8-6-4-5-7-9-14-11-12-16(19)17(13-14)20-2/h8,10-13,19H,3-7,9H2,1-2H3. The third-order valence-corrected chi connectivity index (χ3v) is 3.23. The van der Waals surface area contributed by atoms with Crippen LogP contribution in [0.25, 0.3) is 0 Å². The van der Waals surface area contributed by atoms with Gasteiger partial charge in [0.05, 0.1) is 7.11 Å². The number of ketones is 1. The van der Waals surface area contributed by atoms with Crippen molar-refractivity contribution in [1.29, 1.82) is 0 Å². The van der Waals surface area contributed by atoms with Crippen molar-refractivity contribution in [2.45, 2.75) is 45.4 Å². The zero-order chi connectivity index (χ0) is 14.8. The molecule has 0 aromatic heterocycles. The van der Waals surface area contributed by atoms with Gasteiger partial charge in [-0.05, 0) is 49.5 Å². The number of phenolic OH excluding ortho intramolecular Hbond substituents is 1. The van der Waals surface area contributed by atoms with E-state index in [1.165, 1.54) is 5.56 Å². The fraction of sp³-hybridized carbons (Fsp3) is 0.471. The fourth-order valence-corrected chi connectivity index (χ4v) is 1.98. The molecule has 1 aromatic carbocycles. The van der Waals surface area contributed by atoms with Crippen LogP contribution in [-0.2, 0) is 11.2 Å². The second-order valence-corrected chi connectivity index (χ2v) is 4.83. The molecule has 0 spiro atoms. The summed E-state index contributed by atoms with van der Waals surface area (Å²) in [7, 11) is 1.56. The molecule has 110 valence electrons. The number of carbonyl (C=O) groups excluding carboxylic acids is 1. The Kier molecular flexibility index (Phi) is 7.48. The maximum atomic E-state index is 11.1. The number of aryl methyl sites for hydroxylation is 1. The first kappa shape index (κ1) is 16.3. The molecule has 0 heterocycles. The summed E-state index contributed by atoms with van der Waals surface area (Å²) < 4.78 is 5.09. The number of rotatable bonds is 9. The highest BCUT2D eigenvalue weighted by Gasteiger charge is 2.02. The van der Waals surface area contributed by atoms with E-state index in [1.54, 1.807) is 19.3 Å². The minimum atomic E-state index is 0.182. The number of allylic oxidation sites excluding steroid dienone is 2. The van der Waals surface area contributed by atoms with Crippen molar-refractivity contribution in [3.05, 3.63) is 35.9 Å². The van der Waals surface area contributed by atoms with Crippen LogP contribution in [0.1, 0.15) is 44.6 Å². The first-order valence-electron chi connectivity index (χ1n) is 7.22. The van der Waals surface area contributed by atoms with Gasteiger partial charge in [0.1, 0.15) is 0 Å². The van der Waals surface area contributed by atoms with Gasteiger partial charge >= 0.3 is 0 Å². The van der Waals surface area contributed by atoms with Crippen molar-refractivity contribution in [3.8, 4) is 11.5 Å². The zero-order valence-corrected chi connectivity index (χ0v) is 12.4. The minimum absolute atomic E-state index is 0.182. The molecule has 3 nitrogen and oxygen atoms in total. The molecular formula is C17H24O3. The van der Waals surface area contributed by atoms with E-state index in [-0.39, 0.29) is 11.5 Å². The molecule has 0 unspecified atom stereocenters. The number of ether oxygens (including phenoxy) is 1. The van der Waals surface area contributed by atoms with E-state index in [4.69, 9.17) is 4.74 Å². The minimum Gasteiger partial charge on any atom is -0.504 e. The lowest BCUT2D eigenvalue weighted by atomic mass is 10.1. The van der Waals surface area contributed by atoms with Crippen LogP contribution >= 0.6 is 0 Å². The summed E-state index contributed by atoms with van der Waals surface area (Å²) in [5, 5.41) is 9.51. The quantitative estimate of drug-likeness (QED) is 0.547. The van der Waals surface area contributed by atoms with Gasteiger partial charge in [0, 0.05) is 6.42 Å². The van der Waals surface area contributed by atoms with Gasteiger partial charge in [0.15, 0.2) is 17.3 Å². The molecule has 1 aromatic rings. The molecule has 0 aliphatic heterocycles. The Balaban J connectivity index is 2.21. The Morgan fingerprint density at radius 2 is 2.10 bits per heavy atom. The number of aromatic hydroxyl groups is 1. The van der Waals surface area contributed by atoms with Gasteiger partial charge < -0.3 is 9.84 Å². The highest BCUT2D eigenvalue weighted by atomic mass is 16.5. The van der Waals surface area contributed by atoms with Gasteiger partial charge in [-0.25, -0.2) is 0 Å². The lowest BCUT2D eigenvalue weighted by molar-refractivity contribution is -0.114. The van der Waals surface area contributed by atoms with E-state index < -0.39 is 0 Å². The molecule has 3 heteroatoms. The lowest BCUT2D eigenvalue weighted by Crippen LogP contribution is -1.89. The van der Waals surface area contributed by atoms with Crippen LogP contribution in [0.5, 0.6) is 11.5 Å². The van der Waals surface area contributed by atoms with E-state index >= 15 is 0 Å². The average Bonchev–Trinajstić information content (AvgIpc) is 2.47. The van der Waals surface area contributed by atoms with E-state index in [9.17, 15) is 9.90 Å². The Bertz CT molecular complexity index is 450. The van der Waals surface area contributed by atoms with Crippen LogP contribution < -0.4 is 4.74 Å². The van der Waals surface area contributed by atoms with Crippen LogP contribution in [0.3, 0.4) is 0 Å². The largest absolute Gasteiger partial charge is 0.504 e. The second kappa shape index (κ2) is 9.18. The first-order valence-corrected chi connectivity index (χ1v) is 7.22. The zero-order valence-electron chi connectivity index (χ0n) is 12.4. The van der Waals surface area contributed by atoms with Gasteiger partial charge in [-0.3, -0.25) is 4.79 Å². The van der Waals surface area contributed by atoms with Crippen molar-refractivity contribution >= 4 is 5.78 Å². The summed E-state index contributed by atoms with van der Waals surface area (Å²) in [4.78, 5) is 11.1. The highest BCUT2D eigenvalue weighted by Crippen LogP contribution is 2.26. The van der Waals surface area contributed by atoms with Gasteiger partial charge in [-0.15, -0.1) is 0 Å². The van der Waals surface area contributed by atoms with Crippen LogP contribution in [0.15, 0.2) is 30.4 Å². The SMILES string of the molecule is CCC(=O)C=CCCCCCc1ccc(O)c(OC)c1. The van der Waals surface area contributed by atoms with Crippen LogP contribution in [0, 0.1) is 0 Å². The number of carbonyl (C=O) groups is 1. The summed E-state index contributed by atoms with van der Waals surface area (Å²) in [6.45, 7) is 1.87. The Labute approximate surface area is 121 Å². The van der Waals surface area contributed by atoms with E-state index in [0.717, 1.165) is 32.1 Å². The predicted molar refractivity (Wildman–Crippen MR) is 81.3 cm³/mol. The molecule has 0 radical (unpaired) electrons. The molecule has 0 fully saturated rings. The third kappa shape index (κ3) is 5.91. The number of unbranched alkanes of at least 4 members (excludes halogenated alkanes) is 3. The fourth-order valence-electron chi connectivity index (χ4n) is 1.98. The van der Waals surface area contributed by atoms with Crippen LogP contribution in [0.4, 0.5) is 0 Å². The summed E-state index contributed by atoms with van der Waals surface area (Å²) >= 11 is 0. The molecule has 1 N–H and O–H groups in total. The Morgan fingerprint density at radius 1 is 1.30 bits per heavy atom. The van der Waals surface area contributed by atoms with Gasteiger partial charge in [0.2, 0.25) is 0 Å². The molecule has 0 amide bonds. The number of hydrogen-bond donors (Lipinski definition) is 1. The van der Waals surface area contributed by atoms with Crippen molar-refractivity contribution < 1.29 is 14.6 Å². The highest BCUT2D eigenvalue weighted by molar-refractivity contribution is 5.89. The van der Waals surface area contributed by atoms with Crippen molar-refractivity contribution in [3.63, 3.8) is 0 Å². The smallest absolute Gasteiger partial charge is 0.160 e. The monoisotopic (exact) mass is 276 g/mol. The molecule has 0 aliphatic carbocycles. The van der Waals surface area contributed by atoms with Crippen LogP contribution in [0.2, 0.25) is 0 Å². The van der Waals surface area contributed by atoms with Crippen molar-refractivity contribution in [2.24, 2.45) is 0 Å². The summed E-state index contributed by atoms with van der Waals surface area (Å²) in [5.41, 5.74) is 1.18. The molecular weight excluding hydrogens is 252 g/mol. The normalized spacial score (nSPS) is 10.9. The molecule has 0 saturated carbocycles. The number of benzene rings is 1. The topological polar surface area (TPSA) is 46.5 Å². The first-order chi connectivity index (χ1) is 9.67. The Morgan fingerprint density at radius 3 is 2.80 bits per heavy atom. The third-order valence-electron chi connectivity index (χ3n) is 3.23. The van der Waals surface area contributed by atoms with Crippen LogP contribution in [-0.4, -0.2) is 18.0 Å². The predicted octanol–water partition coefficient (Wildman–Crippen LogP) is 4.04. The number of phenols is 1. The van der Waals surface area contributed by atoms with E-state index in [1.807, 2.05) is 25.1 Å². The second-order valence-electron chi connectivity index (χ2n) is 4.83. The van der Waals surface area contributed by atoms with Gasteiger partial charge in [-0.2, -0.15) is 0 Å². The van der Waals surface area contributed by atoms with Crippen molar-refractivity contribution in [2.75, 3.05) is 7.11 Å². The van der Waals surface area contributed by atoms with E-state index in [0.29, 0.717) is 12.2 Å². The summed E-state index contributed by atoms with van der Waals surface area (Å²) in [6.07, 6.45) is 9.51. The average molecular weight is 276 g/mol. The summed E-state index contributed by atoms with van der Waals surface area (Å²) in [5.74, 6) is 0.909. The molecule has 0 aliphatic rings. The van der Waals surface area contributed by atoms with Gasteiger partial charge in [0.25, 0.3) is 0 Å². The lowest BCUT2D eigenvalue weighted by Gasteiger charge is -2.06. The molecule has 0 atom stereocenters. The molecule has 0 bridgehead atoms. The summed E-state index contributed by atoms with van der Waals surface area (Å²) in [6, 6.07) is 5.49. The van der Waals surface area contributed by atoms with Crippen molar-refractivity contribution in [1.82, 2.24) is 0 Å². The number of methoxy groups -OCH3 is 1. The molecule has 0 saturated heterocycles. The maximum Gasteiger partial charge on any atom is 0.160 e. The number of hydrogen-bond acceptors (Lipinski definition) is 3. The maximum absolute atomic E-state index is 11.1. The molecule has 20 heavy (non-hydrogen) atoms. The Hall–Kier alpha value is -1.77. The van der Waals surface area contributed by atoms with Gasteiger partial charge in [-0.1, -0.05) is 25.5 Å². The van der Waals surface area contributed by atoms with E-state index in [2.05, 4.69) is 0 Å². The molecule has 1 rings (SSSR count).